The Bertz CT molecular complexity index is 190. The van der Waals surface area contributed by atoms with Crippen molar-refractivity contribution in [2.24, 2.45) is 0 Å². The Morgan fingerprint density at radius 2 is 2.08 bits per heavy atom. The second-order valence-electron chi connectivity index (χ2n) is 2.13. The minimum atomic E-state index is -4.30. The number of alkyl halides is 3. The van der Waals surface area contributed by atoms with Gasteiger partial charge in [0.1, 0.15) is 0 Å². The van der Waals surface area contributed by atoms with E-state index in [0.29, 0.717) is 0 Å². The Balaban J connectivity index is 0. The molecule has 1 aliphatic rings. The summed E-state index contributed by atoms with van der Waals surface area (Å²) in [5, 5.41) is 0.0484. The fourth-order valence-electron chi connectivity index (χ4n) is 0.734. The van der Waals surface area contributed by atoms with Crippen molar-refractivity contribution in [3.8, 4) is 0 Å². The Morgan fingerprint density at radius 1 is 1.58 bits per heavy atom. The normalized spacial score (nSPS) is 23.5. The van der Waals surface area contributed by atoms with Crippen LogP contribution in [-0.4, -0.2) is 29.4 Å². The van der Waals surface area contributed by atoms with Crippen LogP contribution in [0, 0.1) is 0 Å². The molecule has 0 spiro atoms. The summed E-state index contributed by atoms with van der Waals surface area (Å²) in [5.74, 6) is 0. The number of rotatable bonds is 0. The Labute approximate surface area is 117 Å². The molecule has 0 amide bonds. The number of nitrogens with one attached hydrogen (secondary N) is 2. The molecule has 3 nitrogen and oxygen atoms in total. The summed E-state index contributed by atoms with van der Waals surface area (Å²) in [7, 11) is 1.27. The largest absolute Gasteiger partial charge is 1.00 e. The summed E-state index contributed by atoms with van der Waals surface area (Å²) in [5.41, 5.74) is 4.22. The molecular formula is C4H7F3KN3S. The fraction of sp³-hybridized carbons (Fsp3) is 0.750. The van der Waals surface area contributed by atoms with Gasteiger partial charge in [0.2, 0.25) is 0 Å². The molecule has 0 aromatic heterocycles. The van der Waals surface area contributed by atoms with Gasteiger partial charge < -0.3 is 6.33 Å². The van der Waals surface area contributed by atoms with Crippen LogP contribution in [0.25, 0.3) is 0 Å². The number of nitrogens with zero attached hydrogens (tertiary/aromatic N) is 1. The first-order valence-electron chi connectivity index (χ1n) is 2.78. The topological polar surface area (TPSA) is 27.3 Å². The minimum absolute atomic E-state index is 0. The van der Waals surface area contributed by atoms with Gasteiger partial charge in [0.25, 0.3) is 0 Å². The first-order valence-corrected chi connectivity index (χ1v) is 3.19. The fourth-order valence-corrected chi connectivity index (χ4v) is 0.898. The number of halogens is 3. The van der Waals surface area contributed by atoms with E-state index in [1.165, 1.54) is 7.05 Å². The third kappa shape index (κ3) is 2.79. The molecule has 2 N–H and O–H groups in total. The van der Waals surface area contributed by atoms with Gasteiger partial charge in [0.15, 0.2) is 11.3 Å². The smallest absolute Gasteiger partial charge is 1.00 e. The third-order valence-electron chi connectivity index (χ3n) is 1.33. The maximum atomic E-state index is 12.0. The predicted molar refractivity (Wildman–Crippen MR) is 37.6 cm³/mol. The molecule has 0 aliphatic carbocycles. The van der Waals surface area contributed by atoms with E-state index >= 15 is 0 Å². The SMILES string of the molecule is CN1C(=S)NNC1C(F)(F)F.[H-].[K+]. The molecule has 1 saturated heterocycles. The van der Waals surface area contributed by atoms with Crippen molar-refractivity contribution < 1.29 is 66.0 Å². The zero-order chi connectivity index (χ0) is 8.65. The zero-order valence-corrected chi connectivity index (χ0v) is 10.5. The van der Waals surface area contributed by atoms with E-state index in [4.69, 9.17) is 0 Å². The Morgan fingerprint density at radius 3 is 2.25 bits per heavy atom. The third-order valence-corrected chi connectivity index (χ3v) is 1.72. The van der Waals surface area contributed by atoms with Crippen LogP contribution < -0.4 is 62.2 Å². The van der Waals surface area contributed by atoms with E-state index < -0.39 is 12.3 Å². The van der Waals surface area contributed by atoms with Gasteiger partial charge >= 0.3 is 57.6 Å². The van der Waals surface area contributed by atoms with Crippen LogP contribution >= 0.6 is 12.2 Å². The summed E-state index contributed by atoms with van der Waals surface area (Å²) >= 11 is 4.54. The van der Waals surface area contributed by atoms with Crippen molar-refractivity contribution in [3.05, 3.63) is 0 Å². The van der Waals surface area contributed by atoms with Crippen molar-refractivity contribution in [2.45, 2.75) is 12.3 Å². The van der Waals surface area contributed by atoms with Crippen LogP contribution in [0.5, 0.6) is 0 Å². The number of hydrazine groups is 1. The van der Waals surface area contributed by atoms with Crippen LogP contribution in [0.1, 0.15) is 1.43 Å². The van der Waals surface area contributed by atoms with Gasteiger partial charge in [-0.15, -0.1) is 0 Å². The first-order chi connectivity index (χ1) is 4.93. The van der Waals surface area contributed by atoms with Gasteiger partial charge in [-0.05, 0) is 12.2 Å². The monoisotopic (exact) mass is 225 g/mol. The first kappa shape index (κ1) is 13.1. The number of hydrogen-bond donors (Lipinski definition) is 2. The molecule has 1 aliphatic heterocycles. The molecule has 66 valence electrons. The average Bonchev–Trinajstić information content (AvgIpc) is 2.11. The molecule has 0 aromatic carbocycles. The van der Waals surface area contributed by atoms with E-state index in [1.807, 2.05) is 5.43 Å². The van der Waals surface area contributed by atoms with Crippen LogP contribution in [0.4, 0.5) is 13.2 Å². The van der Waals surface area contributed by atoms with Crippen LogP contribution in [0.2, 0.25) is 0 Å². The van der Waals surface area contributed by atoms with Gasteiger partial charge in [-0.3, -0.25) is 5.43 Å². The molecule has 12 heavy (non-hydrogen) atoms. The van der Waals surface area contributed by atoms with Gasteiger partial charge in [0, 0.05) is 7.05 Å². The molecule has 8 heteroatoms. The summed E-state index contributed by atoms with van der Waals surface area (Å²) in [6.45, 7) is 0. The van der Waals surface area contributed by atoms with E-state index in [2.05, 4.69) is 17.6 Å². The predicted octanol–water partition coefficient (Wildman–Crippen LogP) is -2.68. The van der Waals surface area contributed by atoms with Crippen LogP contribution in [0.3, 0.4) is 0 Å². The molecule has 1 atom stereocenters. The quantitative estimate of drug-likeness (QED) is 0.347. The van der Waals surface area contributed by atoms with Crippen molar-refractivity contribution in [1.29, 1.82) is 0 Å². The molecule has 1 fully saturated rings. The summed E-state index contributed by atoms with van der Waals surface area (Å²) in [6, 6.07) is 0. The van der Waals surface area contributed by atoms with Crippen LogP contribution in [0.15, 0.2) is 0 Å². The van der Waals surface area contributed by atoms with Crippen molar-refractivity contribution in [3.63, 3.8) is 0 Å². The maximum absolute atomic E-state index is 12.0. The minimum Gasteiger partial charge on any atom is -1.00 e. The molecule has 0 bridgehead atoms. The summed E-state index contributed by atoms with van der Waals surface area (Å²) in [6.07, 6.45) is -6.02. The van der Waals surface area contributed by atoms with Gasteiger partial charge in [-0.1, -0.05) is 0 Å². The molecule has 0 saturated carbocycles. The van der Waals surface area contributed by atoms with Crippen LogP contribution in [-0.2, 0) is 0 Å². The van der Waals surface area contributed by atoms with Crippen molar-refractivity contribution >= 4 is 17.3 Å². The van der Waals surface area contributed by atoms with Gasteiger partial charge in [-0.2, -0.15) is 13.2 Å². The van der Waals surface area contributed by atoms with Gasteiger partial charge in [-0.25, -0.2) is 5.43 Å². The average molecular weight is 225 g/mol. The van der Waals surface area contributed by atoms with E-state index in [1.54, 1.807) is 0 Å². The van der Waals surface area contributed by atoms with Crippen molar-refractivity contribution in [2.75, 3.05) is 7.05 Å². The molecular weight excluding hydrogens is 218 g/mol. The molecule has 1 heterocycles. The Kier molecular flexibility index (Phi) is 4.94. The zero-order valence-electron chi connectivity index (χ0n) is 7.57. The summed E-state index contributed by atoms with van der Waals surface area (Å²) < 4.78 is 35.9. The molecule has 1 rings (SSSR count). The molecule has 0 aromatic rings. The standard InChI is InChI=1S/C4H6F3N3S.K.H/c1-10-2(4(5,6)7)8-9-3(10)11;;/h2,8H,1H3,(H,9,11);;/q;+1;-1. The van der Waals surface area contributed by atoms with E-state index in [0.717, 1.165) is 4.90 Å². The summed E-state index contributed by atoms with van der Waals surface area (Å²) in [4.78, 5) is 0.912. The number of hydrogen-bond acceptors (Lipinski definition) is 2. The maximum Gasteiger partial charge on any atom is 1.00 e. The second kappa shape index (κ2) is 4.53. The van der Waals surface area contributed by atoms with E-state index in [-0.39, 0.29) is 57.9 Å². The van der Waals surface area contributed by atoms with Crippen molar-refractivity contribution in [1.82, 2.24) is 15.8 Å². The Hall–Kier alpha value is 1.08. The van der Waals surface area contributed by atoms with E-state index in [9.17, 15) is 13.2 Å². The molecule has 1 unspecified atom stereocenters. The molecule has 0 radical (unpaired) electrons. The second-order valence-corrected chi connectivity index (χ2v) is 2.52. The number of thiocarbonyl (C=S) groups is 1. The van der Waals surface area contributed by atoms with Gasteiger partial charge in [0.05, 0.1) is 0 Å².